The van der Waals surface area contributed by atoms with Crippen LogP contribution in [0.15, 0.2) is 30.3 Å². The monoisotopic (exact) mass is 488 g/mol. The van der Waals surface area contributed by atoms with Crippen molar-refractivity contribution in [3.8, 4) is 0 Å². The molecule has 4 atom stereocenters. The third-order valence-electron chi connectivity index (χ3n) is 6.10. The molecular formula is C24H32N4O7. The maximum Gasteiger partial charge on any atom is 0.426 e. The molecule has 0 aromatic heterocycles. The average molecular weight is 489 g/mol. The smallest absolute Gasteiger partial charge is 0.379 e. The molecule has 4 amide bonds. The normalized spacial score (nSPS) is 22.3. The Morgan fingerprint density at radius 3 is 2.31 bits per heavy atom. The first-order valence-corrected chi connectivity index (χ1v) is 11.7. The topological polar surface area (TPSA) is 143 Å². The summed E-state index contributed by atoms with van der Waals surface area (Å²) in [6.07, 6.45) is -0.871. The lowest BCUT2D eigenvalue weighted by atomic mass is 9.85. The highest BCUT2D eigenvalue weighted by atomic mass is 16.7. The number of carbonyl (C=O) groups is 5. The van der Waals surface area contributed by atoms with E-state index in [0.717, 1.165) is 0 Å². The molecule has 190 valence electrons. The van der Waals surface area contributed by atoms with E-state index >= 15 is 0 Å². The van der Waals surface area contributed by atoms with E-state index in [1.807, 2.05) is 6.07 Å². The number of ether oxygens (including phenoxy) is 1. The van der Waals surface area contributed by atoms with Crippen LogP contribution in [-0.2, 0) is 28.8 Å². The molecule has 2 fully saturated rings. The molecule has 1 aromatic carbocycles. The third kappa shape index (κ3) is 6.86. The Kier molecular flexibility index (Phi) is 8.94. The van der Waals surface area contributed by atoms with E-state index < -0.39 is 53.5 Å². The number of nitrogens with zero attached hydrogens (tertiary/aromatic N) is 1. The van der Waals surface area contributed by atoms with Gasteiger partial charge in [0.05, 0.1) is 50.7 Å². The molecule has 0 radical (unpaired) electrons. The minimum Gasteiger partial charge on any atom is -0.379 e. The zero-order chi connectivity index (χ0) is 25.5. The molecule has 2 saturated heterocycles. The Morgan fingerprint density at radius 2 is 1.74 bits per heavy atom. The minimum atomic E-state index is -1.15. The van der Waals surface area contributed by atoms with Crippen LogP contribution < -0.4 is 16.0 Å². The minimum absolute atomic E-state index is 0.163. The fourth-order valence-electron chi connectivity index (χ4n) is 4.11. The van der Waals surface area contributed by atoms with Crippen molar-refractivity contribution in [1.82, 2.24) is 21.0 Å². The second-order valence-electron chi connectivity index (χ2n) is 9.04. The summed E-state index contributed by atoms with van der Waals surface area (Å²) in [5, 5.41) is 9.08. The summed E-state index contributed by atoms with van der Waals surface area (Å²) in [6.45, 7) is 6.79. The summed E-state index contributed by atoms with van der Waals surface area (Å²) in [4.78, 5) is 67.9. The molecule has 3 rings (SSSR count). The number of Topliss-reactive ketones (excluding diaryl/α,β-unsaturated/α-hetero) is 1. The van der Waals surface area contributed by atoms with E-state index in [4.69, 9.17) is 9.57 Å². The third-order valence-corrected chi connectivity index (χ3v) is 6.10. The van der Waals surface area contributed by atoms with Gasteiger partial charge in [-0.15, -0.1) is 5.06 Å². The summed E-state index contributed by atoms with van der Waals surface area (Å²) in [6, 6.07) is 7.24. The van der Waals surface area contributed by atoms with Gasteiger partial charge in [-0.1, -0.05) is 51.1 Å². The van der Waals surface area contributed by atoms with Gasteiger partial charge in [-0.05, 0) is 11.5 Å². The van der Waals surface area contributed by atoms with Crippen LogP contribution >= 0.6 is 0 Å². The van der Waals surface area contributed by atoms with Crippen molar-refractivity contribution >= 4 is 29.6 Å². The first-order valence-electron chi connectivity index (χ1n) is 11.7. The predicted molar refractivity (Wildman–Crippen MR) is 123 cm³/mol. The van der Waals surface area contributed by atoms with Crippen LogP contribution in [-0.4, -0.2) is 67.0 Å². The SMILES string of the molecule is CC(C)[C@H](NC(=O)C[C@H](NC(=O)ON1CCOCC1)c1ccccc1)C(=O)[C@@H]1C(=O)NC(=O)[C@H]1C. The van der Waals surface area contributed by atoms with Gasteiger partial charge in [0, 0.05) is 0 Å². The maximum absolute atomic E-state index is 13.1. The number of nitrogens with one attached hydrogen (secondary N) is 3. The van der Waals surface area contributed by atoms with Gasteiger partial charge in [-0.25, -0.2) is 4.79 Å². The van der Waals surface area contributed by atoms with Crippen LogP contribution in [0.25, 0.3) is 0 Å². The van der Waals surface area contributed by atoms with Crippen molar-refractivity contribution < 1.29 is 33.5 Å². The van der Waals surface area contributed by atoms with Crippen molar-refractivity contribution in [2.75, 3.05) is 26.3 Å². The number of rotatable bonds is 9. The molecular weight excluding hydrogens is 456 g/mol. The van der Waals surface area contributed by atoms with E-state index in [0.29, 0.717) is 31.9 Å². The largest absolute Gasteiger partial charge is 0.426 e. The van der Waals surface area contributed by atoms with Crippen LogP contribution in [0.2, 0.25) is 0 Å². The molecule has 0 bridgehead atoms. The highest BCUT2D eigenvalue weighted by molar-refractivity contribution is 6.16. The molecule has 0 saturated carbocycles. The summed E-state index contributed by atoms with van der Waals surface area (Å²) in [7, 11) is 0. The van der Waals surface area contributed by atoms with E-state index in [1.165, 1.54) is 12.0 Å². The van der Waals surface area contributed by atoms with Crippen molar-refractivity contribution in [2.24, 2.45) is 17.8 Å². The molecule has 0 spiro atoms. The zero-order valence-corrected chi connectivity index (χ0v) is 20.1. The quantitative estimate of drug-likeness (QED) is 0.341. The molecule has 11 heteroatoms. The molecule has 0 unspecified atom stereocenters. The molecule has 0 aliphatic carbocycles. The fraction of sp³-hybridized carbons (Fsp3) is 0.542. The summed E-state index contributed by atoms with van der Waals surface area (Å²) < 4.78 is 5.24. The van der Waals surface area contributed by atoms with E-state index in [1.54, 1.807) is 38.1 Å². The molecule has 3 N–H and O–H groups in total. The van der Waals surface area contributed by atoms with Crippen LogP contribution in [0.5, 0.6) is 0 Å². The van der Waals surface area contributed by atoms with Gasteiger partial charge in [0.1, 0.15) is 5.92 Å². The lowest BCUT2D eigenvalue weighted by Gasteiger charge is -2.27. The van der Waals surface area contributed by atoms with Gasteiger partial charge in [0.15, 0.2) is 5.78 Å². The van der Waals surface area contributed by atoms with E-state index in [-0.39, 0.29) is 12.3 Å². The summed E-state index contributed by atoms with van der Waals surface area (Å²) in [5.41, 5.74) is 0.684. The Hall–Kier alpha value is -3.31. The molecule has 2 aliphatic rings. The summed E-state index contributed by atoms with van der Waals surface area (Å²) in [5.74, 6) is -4.44. The van der Waals surface area contributed by atoms with Gasteiger partial charge >= 0.3 is 6.09 Å². The second kappa shape index (κ2) is 11.9. The van der Waals surface area contributed by atoms with Gasteiger partial charge < -0.3 is 20.2 Å². The first kappa shape index (κ1) is 26.3. The molecule has 2 heterocycles. The molecule has 2 aliphatic heterocycles. The standard InChI is InChI=1S/C24H32N4O7/c1-14(2)20(21(30)19-15(3)22(31)27-23(19)32)26-18(29)13-17(16-7-5-4-6-8-16)25-24(33)35-28-9-11-34-12-10-28/h4-8,14-15,17,19-20H,9-13H2,1-3H3,(H,25,33)(H,26,29)(H,27,31,32)/t15-,17-,19+,20-/m0/s1. The lowest BCUT2D eigenvalue weighted by Crippen LogP contribution is -2.49. The van der Waals surface area contributed by atoms with Crippen molar-refractivity contribution in [1.29, 1.82) is 0 Å². The number of morpholine rings is 1. The highest BCUT2D eigenvalue weighted by Gasteiger charge is 2.46. The predicted octanol–water partition coefficient (Wildman–Crippen LogP) is 0.710. The van der Waals surface area contributed by atoms with Crippen LogP contribution in [0.4, 0.5) is 4.79 Å². The average Bonchev–Trinajstić information content (AvgIpc) is 3.08. The van der Waals surface area contributed by atoms with Gasteiger partial charge in [-0.2, -0.15) is 0 Å². The molecule has 35 heavy (non-hydrogen) atoms. The Balaban J connectivity index is 1.68. The van der Waals surface area contributed by atoms with Crippen LogP contribution in [0.1, 0.15) is 38.8 Å². The Morgan fingerprint density at radius 1 is 1.09 bits per heavy atom. The number of hydroxylamine groups is 2. The number of imide groups is 1. The van der Waals surface area contributed by atoms with Crippen molar-refractivity contribution in [3.63, 3.8) is 0 Å². The van der Waals surface area contributed by atoms with E-state index in [9.17, 15) is 24.0 Å². The Labute approximate surface area is 203 Å². The number of benzene rings is 1. The Bertz CT molecular complexity index is 946. The number of hydrogen-bond acceptors (Lipinski definition) is 8. The summed E-state index contributed by atoms with van der Waals surface area (Å²) >= 11 is 0. The van der Waals surface area contributed by atoms with Gasteiger partial charge in [0.2, 0.25) is 17.7 Å². The lowest BCUT2D eigenvalue weighted by molar-refractivity contribution is -0.146. The van der Waals surface area contributed by atoms with Gasteiger partial charge in [0.25, 0.3) is 0 Å². The van der Waals surface area contributed by atoms with Crippen molar-refractivity contribution in [3.05, 3.63) is 35.9 Å². The molecule has 1 aromatic rings. The number of ketones is 1. The van der Waals surface area contributed by atoms with Crippen LogP contribution in [0.3, 0.4) is 0 Å². The zero-order valence-electron chi connectivity index (χ0n) is 20.1. The highest BCUT2D eigenvalue weighted by Crippen LogP contribution is 2.24. The van der Waals surface area contributed by atoms with Gasteiger partial charge in [-0.3, -0.25) is 24.5 Å². The number of hydrogen-bond donors (Lipinski definition) is 3. The van der Waals surface area contributed by atoms with Crippen LogP contribution in [0, 0.1) is 17.8 Å². The fourth-order valence-corrected chi connectivity index (χ4v) is 4.11. The number of amides is 4. The second-order valence-corrected chi connectivity index (χ2v) is 9.04. The first-order chi connectivity index (χ1) is 16.7. The maximum atomic E-state index is 13.1. The molecule has 11 nitrogen and oxygen atoms in total. The van der Waals surface area contributed by atoms with E-state index in [2.05, 4.69) is 16.0 Å². The van der Waals surface area contributed by atoms with Crippen molar-refractivity contribution in [2.45, 2.75) is 39.3 Å². The number of carbonyl (C=O) groups excluding carboxylic acids is 5.